The standard InChI is InChI=1S/C15H19NO3S/c1-11-14(15(17)16-7-4-9-20-10-8-16)19-13-6-3-2-5-12(13)18-11/h2-3,5-6,11,14H,4,7-10H2,1H3/t11-,14-/m0/s1. The lowest BCUT2D eigenvalue weighted by molar-refractivity contribution is -0.144. The molecule has 0 aromatic heterocycles. The van der Waals surface area contributed by atoms with Gasteiger partial charge in [-0.2, -0.15) is 11.8 Å². The van der Waals surface area contributed by atoms with Crippen molar-refractivity contribution < 1.29 is 14.3 Å². The Hall–Kier alpha value is -1.36. The second-order valence-corrected chi connectivity index (χ2v) is 6.32. The highest BCUT2D eigenvalue weighted by molar-refractivity contribution is 7.99. The van der Waals surface area contributed by atoms with Crippen LogP contribution in [0.1, 0.15) is 13.3 Å². The van der Waals surface area contributed by atoms with E-state index in [4.69, 9.17) is 9.47 Å². The fourth-order valence-electron chi connectivity index (χ4n) is 2.54. The van der Waals surface area contributed by atoms with Crippen LogP contribution in [0.15, 0.2) is 24.3 Å². The highest BCUT2D eigenvalue weighted by Crippen LogP contribution is 2.34. The maximum absolute atomic E-state index is 12.6. The van der Waals surface area contributed by atoms with Gasteiger partial charge in [-0.05, 0) is 31.2 Å². The molecule has 0 bridgehead atoms. The molecule has 0 spiro atoms. The summed E-state index contributed by atoms with van der Waals surface area (Å²) in [7, 11) is 0. The number of rotatable bonds is 1. The summed E-state index contributed by atoms with van der Waals surface area (Å²) in [5.74, 6) is 3.56. The molecule has 2 aliphatic rings. The SMILES string of the molecule is C[C@@H]1Oc2ccccc2O[C@@H]1C(=O)N1CCCSCC1. The van der Waals surface area contributed by atoms with Crippen LogP contribution >= 0.6 is 11.8 Å². The summed E-state index contributed by atoms with van der Waals surface area (Å²) in [6.45, 7) is 3.52. The number of carbonyl (C=O) groups is 1. The van der Waals surface area contributed by atoms with Gasteiger partial charge >= 0.3 is 0 Å². The number of hydrogen-bond donors (Lipinski definition) is 0. The van der Waals surface area contributed by atoms with Gasteiger partial charge in [-0.1, -0.05) is 12.1 Å². The number of benzene rings is 1. The fourth-order valence-corrected chi connectivity index (χ4v) is 3.42. The van der Waals surface area contributed by atoms with Crippen molar-refractivity contribution in [3.8, 4) is 11.5 Å². The van der Waals surface area contributed by atoms with Crippen LogP contribution in [0, 0.1) is 0 Å². The van der Waals surface area contributed by atoms with E-state index >= 15 is 0 Å². The van der Waals surface area contributed by atoms with Gasteiger partial charge < -0.3 is 14.4 Å². The number of hydrogen-bond acceptors (Lipinski definition) is 4. The van der Waals surface area contributed by atoms with Crippen LogP contribution in [0.3, 0.4) is 0 Å². The van der Waals surface area contributed by atoms with E-state index in [1.165, 1.54) is 0 Å². The summed E-state index contributed by atoms with van der Waals surface area (Å²) in [5.41, 5.74) is 0. The second kappa shape index (κ2) is 5.95. The molecule has 20 heavy (non-hydrogen) atoms. The Morgan fingerprint density at radius 3 is 2.75 bits per heavy atom. The Bertz CT molecular complexity index is 486. The third-order valence-corrected chi connectivity index (χ3v) is 4.67. The van der Waals surface area contributed by atoms with Crippen molar-refractivity contribution in [3.63, 3.8) is 0 Å². The minimum atomic E-state index is -0.534. The first-order valence-electron chi connectivity index (χ1n) is 7.04. The predicted molar refractivity (Wildman–Crippen MR) is 79.5 cm³/mol. The Morgan fingerprint density at radius 2 is 1.95 bits per heavy atom. The maximum Gasteiger partial charge on any atom is 0.267 e. The van der Waals surface area contributed by atoms with Crippen molar-refractivity contribution in [2.45, 2.75) is 25.6 Å². The molecule has 1 amide bonds. The molecular weight excluding hydrogens is 274 g/mol. The van der Waals surface area contributed by atoms with Crippen molar-refractivity contribution >= 4 is 17.7 Å². The molecule has 0 saturated carbocycles. The van der Waals surface area contributed by atoms with Crippen LogP contribution in [-0.4, -0.2) is 47.6 Å². The van der Waals surface area contributed by atoms with Crippen LogP contribution in [0.2, 0.25) is 0 Å². The van der Waals surface area contributed by atoms with Crippen molar-refractivity contribution in [1.29, 1.82) is 0 Å². The minimum Gasteiger partial charge on any atom is -0.482 e. The summed E-state index contributed by atoms with van der Waals surface area (Å²) in [6, 6.07) is 7.51. The molecule has 2 heterocycles. The third kappa shape index (κ3) is 2.73. The Labute approximate surface area is 123 Å². The lowest BCUT2D eigenvalue weighted by Crippen LogP contribution is -2.51. The van der Waals surface area contributed by atoms with E-state index in [2.05, 4.69) is 0 Å². The molecule has 108 valence electrons. The van der Waals surface area contributed by atoms with Crippen molar-refractivity contribution in [2.24, 2.45) is 0 Å². The topological polar surface area (TPSA) is 38.8 Å². The number of thioether (sulfide) groups is 1. The molecule has 3 rings (SSSR count). The lowest BCUT2D eigenvalue weighted by Gasteiger charge is -2.34. The molecule has 5 heteroatoms. The van der Waals surface area contributed by atoms with E-state index in [1.807, 2.05) is 47.9 Å². The zero-order chi connectivity index (χ0) is 13.9. The average molecular weight is 293 g/mol. The maximum atomic E-state index is 12.6. The van der Waals surface area contributed by atoms with Gasteiger partial charge in [0.05, 0.1) is 0 Å². The number of nitrogens with zero attached hydrogens (tertiary/aromatic N) is 1. The molecule has 0 aliphatic carbocycles. The monoisotopic (exact) mass is 293 g/mol. The van der Waals surface area contributed by atoms with Crippen LogP contribution in [-0.2, 0) is 4.79 Å². The van der Waals surface area contributed by atoms with Gasteiger partial charge in [0.2, 0.25) is 6.10 Å². The lowest BCUT2D eigenvalue weighted by atomic mass is 10.1. The first-order valence-corrected chi connectivity index (χ1v) is 8.20. The Morgan fingerprint density at radius 1 is 1.20 bits per heavy atom. The molecule has 2 aliphatic heterocycles. The molecule has 1 aromatic rings. The summed E-state index contributed by atoms with van der Waals surface area (Å²) in [5, 5.41) is 0. The molecule has 1 saturated heterocycles. The molecule has 1 aromatic carbocycles. The molecule has 1 fully saturated rings. The van der Waals surface area contributed by atoms with E-state index < -0.39 is 6.10 Å². The number of carbonyl (C=O) groups excluding carboxylic acids is 1. The first kappa shape index (κ1) is 13.6. The Kier molecular flexibility index (Phi) is 4.05. The van der Waals surface area contributed by atoms with Gasteiger partial charge in [0.15, 0.2) is 11.5 Å². The summed E-state index contributed by atoms with van der Waals surface area (Å²) in [4.78, 5) is 14.6. The Balaban J connectivity index is 1.75. The third-order valence-electron chi connectivity index (χ3n) is 3.62. The summed E-state index contributed by atoms with van der Waals surface area (Å²) in [6.07, 6.45) is 0.260. The second-order valence-electron chi connectivity index (χ2n) is 5.10. The van der Waals surface area contributed by atoms with Crippen LogP contribution < -0.4 is 9.47 Å². The molecule has 0 unspecified atom stereocenters. The first-order chi connectivity index (χ1) is 9.75. The van der Waals surface area contributed by atoms with Crippen molar-refractivity contribution in [1.82, 2.24) is 4.90 Å². The average Bonchev–Trinajstić information content (AvgIpc) is 2.75. The van der Waals surface area contributed by atoms with Gasteiger partial charge in [0.1, 0.15) is 6.10 Å². The van der Waals surface area contributed by atoms with E-state index in [9.17, 15) is 4.79 Å². The van der Waals surface area contributed by atoms with Crippen LogP contribution in [0.4, 0.5) is 0 Å². The normalized spacial score (nSPS) is 25.9. The van der Waals surface area contributed by atoms with Gasteiger partial charge in [0, 0.05) is 18.8 Å². The quantitative estimate of drug-likeness (QED) is 0.795. The molecule has 0 radical (unpaired) electrons. The number of fused-ring (bicyclic) bond motifs is 1. The van der Waals surface area contributed by atoms with E-state index in [0.29, 0.717) is 5.75 Å². The van der Waals surface area contributed by atoms with E-state index in [0.717, 1.165) is 36.8 Å². The minimum absolute atomic E-state index is 0.0505. The molecule has 0 N–H and O–H groups in total. The van der Waals surface area contributed by atoms with Crippen molar-refractivity contribution in [3.05, 3.63) is 24.3 Å². The molecular formula is C15H19NO3S. The summed E-state index contributed by atoms with van der Waals surface area (Å²) >= 11 is 1.91. The van der Waals surface area contributed by atoms with Gasteiger partial charge in [-0.15, -0.1) is 0 Å². The van der Waals surface area contributed by atoms with Crippen LogP contribution in [0.25, 0.3) is 0 Å². The van der Waals surface area contributed by atoms with Crippen LogP contribution in [0.5, 0.6) is 11.5 Å². The predicted octanol–water partition coefficient (Wildman–Crippen LogP) is 2.18. The van der Waals surface area contributed by atoms with E-state index in [-0.39, 0.29) is 12.0 Å². The van der Waals surface area contributed by atoms with E-state index in [1.54, 1.807) is 0 Å². The van der Waals surface area contributed by atoms with Crippen molar-refractivity contribution in [2.75, 3.05) is 24.6 Å². The zero-order valence-electron chi connectivity index (χ0n) is 11.6. The number of ether oxygens (including phenoxy) is 2. The molecule has 4 nitrogen and oxygen atoms in total. The number of amides is 1. The van der Waals surface area contributed by atoms with Gasteiger partial charge in [-0.3, -0.25) is 4.79 Å². The fraction of sp³-hybridized carbons (Fsp3) is 0.533. The van der Waals surface area contributed by atoms with Gasteiger partial charge in [0.25, 0.3) is 5.91 Å². The highest BCUT2D eigenvalue weighted by Gasteiger charge is 2.36. The summed E-state index contributed by atoms with van der Waals surface area (Å²) < 4.78 is 11.7. The zero-order valence-corrected chi connectivity index (χ0v) is 12.4. The smallest absolute Gasteiger partial charge is 0.267 e. The van der Waals surface area contributed by atoms with Gasteiger partial charge in [-0.25, -0.2) is 0 Å². The largest absolute Gasteiger partial charge is 0.482 e. The number of para-hydroxylation sites is 2. The molecule has 2 atom stereocenters. The highest BCUT2D eigenvalue weighted by atomic mass is 32.2.